The van der Waals surface area contributed by atoms with E-state index in [9.17, 15) is 0 Å². The van der Waals surface area contributed by atoms with Crippen LogP contribution in [0.2, 0.25) is 0 Å². The van der Waals surface area contributed by atoms with Gasteiger partial charge in [-0.05, 0) is 36.1 Å². The number of hydrogen-bond acceptors (Lipinski definition) is 3. The van der Waals surface area contributed by atoms with Crippen molar-refractivity contribution in [1.82, 2.24) is 0 Å². The van der Waals surface area contributed by atoms with Crippen LogP contribution in [0.3, 0.4) is 0 Å². The molecular weight excluding hydrogens is 177 g/mol. The van der Waals surface area contributed by atoms with Gasteiger partial charge in [0.2, 0.25) is 7.58 Å². The highest BCUT2D eigenvalue weighted by Crippen LogP contribution is 2.15. The molecular formula is C7H4NOPS. The Balaban J connectivity index is 2.84. The van der Waals surface area contributed by atoms with Gasteiger partial charge in [0.05, 0.1) is 11.6 Å². The predicted octanol–water partition coefficient (Wildman–Crippen LogP) is 2.26. The Morgan fingerprint density at radius 3 is 2.45 bits per heavy atom. The lowest BCUT2D eigenvalue weighted by atomic mass is 10.2. The molecule has 0 amide bonds. The summed E-state index contributed by atoms with van der Waals surface area (Å²) in [7, 11) is 0.451. The molecule has 54 valence electrons. The lowest BCUT2D eigenvalue weighted by Crippen LogP contribution is -1.75. The van der Waals surface area contributed by atoms with Crippen molar-refractivity contribution in [2.24, 2.45) is 0 Å². The molecule has 0 saturated heterocycles. The van der Waals surface area contributed by atoms with Crippen molar-refractivity contribution in [1.29, 1.82) is 5.26 Å². The zero-order valence-electron chi connectivity index (χ0n) is 5.52. The Kier molecular flexibility index (Phi) is 2.97. The second kappa shape index (κ2) is 4.02. The number of nitrogens with zero attached hydrogens (tertiary/aromatic N) is 1. The summed E-state index contributed by atoms with van der Waals surface area (Å²) in [6.45, 7) is 0. The Bertz CT molecular complexity index is 290. The molecule has 0 aromatic heterocycles. The van der Waals surface area contributed by atoms with Crippen LogP contribution in [-0.4, -0.2) is 0 Å². The Hall–Kier alpha value is -0.970. The minimum Gasteiger partial charge on any atom is -0.429 e. The van der Waals surface area contributed by atoms with E-state index in [4.69, 9.17) is 9.79 Å². The maximum Gasteiger partial charge on any atom is 0.205 e. The van der Waals surface area contributed by atoms with Crippen LogP contribution in [-0.2, 0) is 11.8 Å². The molecule has 1 aromatic carbocycles. The van der Waals surface area contributed by atoms with Gasteiger partial charge in [0, 0.05) is 0 Å². The van der Waals surface area contributed by atoms with Crippen molar-refractivity contribution in [3.63, 3.8) is 0 Å². The summed E-state index contributed by atoms with van der Waals surface area (Å²) in [6.07, 6.45) is 0. The standard InChI is InChI=1S/C7H4NOPS/c8-5-6-1-3-7(4-2-6)9-10-11/h1-4H. The van der Waals surface area contributed by atoms with Gasteiger partial charge in [-0.3, -0.25) is 0 Å². The van der Waals surface area contributed by atoms with Crippen LogP contribution >= 0.6 is 7.58 Å². The summed E-state index contributed by atoms with van der Waals surface area (Å²) in [6, 6.07) is 8.83. The van der Waals surface area contributed by atoms with Crippen LogP contribution in [0.1, 0.15) is 5.56 Å². The van der Waals surface area contributed by atoms with Gasteiger partial charge in [-0.25, -0.2) is 0 Å². The molecule has 0 aliphatic heterocycles. The van der Waals surface area contributed by atoms with Crippen LogP contribution in [0, 0.1) is 11.3 Å². The van der Waals surface area contributed by atoms with E-state index < -0.39 is 0 Å². The molecule has 0 saturated carbocycles. The van der Waals surface area contributed by atoms with Crippen LogP contribution in [0.25, 0.3) is 0 Å². The molecule has 2 nitrogen and oxygen atoms in total. The summed E-state index contributed by atoms with van der Waals surface area (Å²) in [5.74, 6) is 0.695. The number of rotatable bonds is 2. The molecule has 1 rings (SSSR count). The van der Waals surface area contributed by atoms with Crippen LogP contribution in [0.5, 0.6) is 5.75 Å². The predicted molar refractivity (Wildman–Crippen MR) is 46.1 cm³/mol. The van der Waals surface area contributed by atoms with Crippen molar-refractivity contribution in [2.75, 3.05) is 0 Å². The first-order chi connectivity index (χ1) is 5.36. The van der Waals surface area contributed by atoms with Crippen molar-refractivity contribution >= 4 is 19.4 Å². The van der Waals surface area contributed by atoms with Crippen LogP contribution < -0.4 is 4.52 Å². The lowest BCUT2D eigenvalue weighted by molar-refractivity contribution is 0.644. The molecule has 0 bridgehead atoms. The molecule has 0 N–H and O–H groups in total. The van der Waals surface area contributed by atoms with Crippen LogP contribution in [0.15, 0.2) is 24.3 Å². The van der Waals surface area contributed by atoms with E-state index in [-0.39, 0.29) is 0 Å². The third kappa shape index (κ3) is 2.27. The highest BCUT2D eigenvalue weighted by atomic mass is 32.4. The quantitative estimate of drug-likeness (QED) is 0.656. The molecule has 0 aliphatic carbocycles. The SMILES string of the molecule is N#Cc1ccc(OP=S)cc1. The maximum atomic E-state index is 8.45. The number of nitriles is 1. The molecule has 0 aliphatic rings. The van der Waals surface area contributed by atoms with E-state index in [0.717, 1.165) is 0 Å². The highest BCUT2D eigenvalue weighted by Gasteiger charge is 1.91. The van der Waals surface area contributed by atoms with Crippen molar-refractivity contribution < 1.29 is 4.52 Å². The van der Waals surface area contributed by atoms with Gasteiger partial charge < -0.3 is 4.52 Å². The largest absolute Gasteiger partial charge is 0.429 e. The van der Waals surface area contributed by atoms with E-state index in [0.29, 0.717) is 18.9 Å². The summed E-state index contributed by atoms with van der Waals surface area (Å²) in [5, 5.41) is 8.45. The van der Waals surface area contributed by atoms with Crippen molar-refractivity contribution in [2.45, 2.75) is 0 Å². The average Bonchev–Trinajstić information content (AvgIpc) is 2.07. The second-order valence-corrected chi connectivity index (χ2v) is 2.58. The first-order valence-electron chi connectivity index (χ1n) is 2.86. The second-order valence-electron chi connectivity index (χ2n) is 1.80. The Labute approximate surface area is 71.3 Å². The highest BCUT2D eigenvalue weighted by molar-refractivity contribution is 7.94. The molecule has 1 aromatic rings. The molecule has 11 heavy (non-hydrogen) atoms. The van der Waals surface area contributed by atoms with Gasteiger partial charge in [-0.15, -0.1) is 0 Å². The monoisotopic (exact) mass is 181 g/mol. The molecule has 0 heterocycles. The fourth-order valence-electron chi connectivity index (χ4n) is 0.633. The first kappa shape index (κ1) is 8.13. The third-order valence-electron chi connectivity index (χ3n) is 1.13. The fraction of sp³-hybridized carbons (Fsp3) is 0. The molecule has 0 radical (unpaired) electrons. The lowest BCUT2D eigenvalue weighted by Gasteiger charge is -1.94. The molecule has 0 fully saturated rings. The van der Waals surface area contributed by atoms with Crippen molar-refractivity contribution in [3.8, 4) is 11.8 Å². The van der Waals surface area contributed by atoms with E-state index in [1.54, 1.807) is 24.3 Å². The van der Waals surface area contributed by atoms with Crippen molar-refractivity contribution in [3.05, 3.63) is 29.8 Å². The van der Waals surface area contributed by atoms with Gasteiger partial charge in [0.1, 0.15) is 5.75 Å². The molecule has 4 heteroatoms. The first-order valence-corrected chi connectivity index (χ1v) is 4.69. The van der Waals surface area contributed by atoms with Crippen LogP contribution in [0.4, 0.5) is 0 Å². The molecule has 0 spiro atoms. The topological polar surface area (TPSA) is 33.0 Å². The normalized spacial score (nSPS) is 9.00. The van der Waals surface area contributed by atoms with Gasteiger partial charge in [-0.1, -0.05) is 0 Å². The fourth-order valence-corrected chi connectivity index (χ4v) is 1.10. The van der Waals surface area contributed by atoms with Gasteiger partial charge in [-0.2, -0.15) is 5.26 Å². The number of hydrogen-bond donors (Lipinski definition) is 0. The zero-order chi connectivity index (χ0) is 8.10. The maximum absolute atomic E-state index is 8.45. The number of benzene rings is 1. The van der Waals surface area contributed by atoms with E-state index in [1.165, 1.54) is 0 Å². The van der Waals surface area contributed by atoms with E-state index >= 15 is 0 Å². The molecule has 0 unspecified atom stereocenters. The van der Waals surface area contributed by atoms with E-state index in [1.807, 2.05) is 6.07 Å². The summed E-state index contributed by atoms with van der Waals surface area (Å²) >= 11 is 4.58. The minimum absolute atomic E-state index is 0.451. The third-order valence-corrected chi connectivity index (χ3v) is 1.64. The Morgan fingerprint density at radius 2 is 2.00 bits per heavy atom. The zero-order valence-corrected chi connectivity index (χ0v) is 7.23. The van der Waals surface area contributed by atoms with Gasteiger partial charge in [0.15, 0.2) is 0 Å². The Morgan fingerprint density at radius 1 is 1.36 bits per heavy atom. The van der Waals surface area contributed by atoms with Gasteiger partial charge in [0.25, 0.3) is 0 Å². The average molecular weight is 181 g/mol. The van der Waals surface area contributed by atoms with Gasteiger partial charge >= 0.3 is 0 Å². The molecule has 0 atom stereocenters. The summed E-state index contributed by atoms with van der Waals surface area (Å²) in [4.78, 5) is 0. The minimum atomic E-state index is 0.451. The summed E-state index contributed by atoms with van der Waals surface area (Å²) < 4.78 is 4.98. The van der Waals surface area contributed by atoms with E-state index in [2.05, 4.69) is 11.8 Å². The smallest absolute Gasteiger partial charge is 0.205 e. The summed E-state index contributed by atoms with van der Waals surface area (Å²) in [5.41, 5.74) is 0.624.